The highest BCUT2D eigenvalue weighted by Gasteiger charge is 2.27. The molecule has 0 aliphatic heterocycles. The van der Waals surface area contributed by atoms with Gasteiger partial charge in [-0.1, -0.05) is 53.4 Å². The van der Waals surface area contributed by atoms with Gasteiger partial charge in [-0.05, 0) is 43.6 Å². The molecule has 0 heterocycles. The summed E-state index contributed by atoms with van der Waals surface area (Å²) in [5, 5.41) is 3.60. The summed E-state index contributed by atoms with van der Waals surface area (Å²) >= 11 is 0. The molecule has 102 valence electrons. The van der Waals surface area contributed by atoms with Gasteiger partial charge in [-0.2, -0.15) is 0 Å². The summed E-state index contributed by atoms with van der Waals surface area (Å²) < 4.78 is 0. The predicted octanol–water partition coefficient (Wildman–Crippen LogP) is 4.62. The third kappa shape index (κ3) is 4.99. The van der Waals surface area contributed by atoms with Gasteiger partial charge in [-0.15, -0.1) is 0 Å². The Morgan fingerprint density at radius 2 is 1.59 bits per heavy atom. The largest absolute Gasteiger partial charge is 0.317 e. The van der Waals surface area contributed by atoms with Gasteiger partial charge >= 0.3 is 0 Å². The van der Waals surface area contributed by atoms with Crippen LogP contribution in [0.2, 0.25) is 0 Å². The van der Waals surface area contributed by atoms with E-state index in [2.05, 4.69) is 40.1 Å². The molecule has 2 unspecified atom stereocenters. The maximum absolute atomic E-state index is 3.60. The molecule has 1 saturated carbocycles. The van der Waals surface area contributed by atoms with Crippen LogP contribution in [-0.2, 0) is 0 Å². The number of hydrogen-bond acceptors (Lipinski definition) is 1. The fourth-order valence-electron chi connectivity index (χ4n) is 2.99. The summed E-state index contributed by atoms with van der Waals surface area (Å²) in [5.74, 6) is 1.72. The fraction of sp³-hybridized carbons (Fsp3) is 1.00. The van der Waals surface area contributed by atoms with E-state index >= 15 is 0 Å². The molecule has 0 aromatic carbocycles. The molecule has 0 radical (unpaired) electrons. The first-order valence-corrected chi connectivity index (χ1v) is 7.62. The quantitative estimate of drug-likeness (QED) is 0.706. The number of rotatable bonds is 4. The van der Waals surface area contributed by atoms with Gasteiger partial charge in [0.05, 0.1) is 0 Å². The standard InChI is InChI=1S/C16H33N/c1-13(16(2,3)4)12-15(17-5)14-10-8-6-7-9-11-14/h13-15,17H,6-12H2,1-5H3. The van der Waals surface area contributed by atoms with Gasteiger partial charge in [0, 0.05) is 6.04 Å². The second kappa shape index (κ2) is 6.78. The summed E-state index contributed by atoms with van der Waals surface area (Å²) in [4.78, 5) is 0. The lowest BCUT2D eigenvalue weighted by Gasteiger charge is -2.34. The molecule has 2 atom stereocenters. The lowest BCUT2D eigenvalue weighted by Crippen LogP contribution is -2.37. The number of nitrogens with one attached hydrogen (secondary N) is 1. The SMILES string of the molecule is CNC(CC(C)C(C)(C)C)C1CCCCCC1. The summed E-state index contributed by atoms with van der Waals surface area (Å²) in [6.45, 7) is 9.54. The first-order chi connectivity index (χ1) is 7.95. The first kappa shape index (κ1) is 15.0. The van der Waals surface area contributed by atoms with Crippen molar-refractivity contribution in [2.45, 2.75) is 78.7 Å². The van der Waals surface area contributed by atoms with E-state index < -0.39 is 0 Å². The van der Waals surface area contributed by atoms with Crippen LogP contribution < -0.4 is 5.32 Å². The van der Waals surface area contributed by atoms with Crippen LogP contribution in [-0.4, -0.2) is 13.1 Å². The Kier molecular flexibility index (Phi) is 5.99. The lowest BCUT2D eigenvalue weighted by molar-refractivity contribution is 0.194. The molecule has 0 aromatic rings. The molecule has 17 heavy (non-hydrogen) atoms. The Bertz CT molecular complexity index is 196. The van der Waals surface area contributed by atoms with Gasteiger partial charge in [-0.25, -0.2) is 0 Å². The van der Waals surface area contributed by atoms with E-state index in [0.29, 0.717) is 5.41 Å². The monoisotopic (exact) mass is 239 g/mol. The highest BCUT2D eigenvalue weighted by atomic mass is 14.9. The van der Waals surface area contributed by atoms with E-state index in [1.165, 1.54) is 44.9 Å². The molecule has 0 aromatic heterocycles. The maximum atomic E-state index is 3.60. The van der Waals surface area contributed by atoms with Gasteiger partial charge < -0.3 is 5.32 Å². The van der Waals surface area contributed by atoms with Crippen molar-refractivity contribution < 1.29 is 0 Å². The molecular weight excluding hydrogens is 206 g/mol. The van der Waals surface area contributed by atoms with E-state index in [4.69, 9.17) is 0 Å². The minimum absolute atomic E-state index is 0.444. The van der Waals surface area contributed by atoms with Gasteiger partial charge in [0.15, 0.2) is 0 Å². The Morgan fingerprint density at radius 1 is 1.06 bits per heavy atom. The molecule has 0 saturated heterocycles. The average Bonchev–Trinajstić information content (AvgIpc) is 2.52. The van der Waals surface area contributed by atoms with Gasteiger partial charge in [0.25, 0.3) is 0 Å². The third-order valence-electron chi connectivity index (χ3n) is 4.93. The Morgan fingerprint density at radius 3 is 2.00 bits per heavy atom. The van der Waals surface area contributed by atoms with Crippen LogP contribution >= 0.6 is 0 Å². The van der Waals surface area contributed by atoms with E-state index in [0.717, 1.165) is 17.9 Å². The minimum Gasteiger partial charge on any atom is -0.317 e. The highest BCUT2D eigenvalue weighted by molar-refractivity contribution is 4.82. The van der Waals surface area contributed by atoms with Crippen LogP contribution in [0.3, 0.4) is 0 Å². The average molecular weight is 239 g/mol. The summed E-state index contributed by atoms with van der Waals surface area (Å²) in [5.41, 5.74) is 0.444. The van der Waals surface area contributed by atoms with Crippen molar-refractivity contribution in [1.29, 1.82) is 0 Å². The van der Waals surface area contributed by atoms with Crippen LogP contribution in [0, 0.1) is 17.3 Å². The second-order valence-electron chi connectivity index (χ2n) is 7.15. The second-order valence-corrected chi connectivity index (χ2v) is 7.15. The van der Waals surface area contributed by atoms with Crippen molar-refractivity contribution >= 4 is 0 Å². The molecule has 0 amide bonds. The van der Waals surface area contributed by atoms with Gasteiger partial charge in [0.2, 0.25) is 0 Å². The summed E-state index contributed by atoms with van der Waals surface area (Å²) in [7, 11) is 2.16. The Balaban J connectivity index is 2.51. The first-order valence-electron chi connectivity index (χ1n) is 7.62. The molecule has 1 aliphatic carbocycles. The Labute approximate surface area is 109 Å². The van der Waals surface area contributed by atoms with Crippen LogP contribution in [0.15, 0.2) is 0 Å². The molecule has 1 fully saturated rings. The number of hydrogen-bond donors (Lipinski definition) is 1. The zero-order valence-electron chi connectivity index (χ0n) is 12.7. The smallest absolute Gasteiger partial charge is 0.00950 e. The molecule has 1 aliphatic rings. The van der Waals surface area contributed by atoms with Crippen LogP contribution in [0.25, 0.3) is 0 Å². The fourth-order valence-corrected chi connectivity index (χ4v) is 2.99. The molecule has 1 N–H and O–H groups in total. The van der Waals surface area contributed by atoms with E-state index in [9.17, 15) is 0 Å². The summed E-state index contributed by atoms with van der Waals surface area (Å²) in [6.07, 6.45) is 10.1. The molecule has 1 heteroatoms. The molecule has 0 bridgehead atoms. The van der Waals surface area contributed by atoms with Crippen molar-refractivity contribution in [1.82, 2.24) is 5.32 Å². The van der Waals surface area contributed by atoms with Crippen molar-refractivity contribution in [3.8, 4) is 0 Å². The Hall–Kier alpha value is -0.0400. The van der Waals surface area contributed by atoms with Crippen LogP contribution in [0.4, 0.5) is 0 Å². The van der Waals surface area contributed by atoms with E-state index in [1.807, 2.05) is 0 Å². The van der Waals surface area contributed by atoms with Crippen molar-refractivity contribution in [2.24, 2.45) is 17.3 Å². The molecule has 0 spiro atoms. The third-order valence-corrected chi connectivity index (χ3v) is 4.93. The van der Waals surface area contributed by atoms with Crippen molar-refractivity contribution in [2.75, 3.05) is 7.05 Å². The zero-order chi connectivity index (χ0) is 12.9. The van der Waals surface area contributed by atoms with Crippen molar-refractivity contribution in [3.63, 3.8) is 0 Å². The van der Waals surface area contributed by atoms with Crippen molar-refractivity contribution in [3.05, 3.63) is 0 Å². The predicted molar refractivity (Wildman–Crippen MR) is 77.3 cm³/mol. The normalized spacial score (nSPS) is 23.1. The maximum Gasteiger partial charge on any atom is 0.00950 e. The van der Waals surface area contributed by atoms with E-state index in [-0.39, 0.29) is 0 Å². The highest BCUT2D eigenvalue weighted by Crippen LogP contribution is 2.33. The summed E-state index contributed by atoms with van der Waals surface area (Å²) in [6, 6.07) is 0.738. The minimum atomic E-state index is 0.444. The van der Waals surface area contributed by atoms with Crippen LogP contribution in [0.1, 0.15) is 72.6 Å². The molecule has 1 nitrogen and oxygen atoms in total. The topological polar surface area (TPSA) is 12.0 Å². The molecule has 1 rings (SSSR count). The van der Waals surface area contributed by atoms with E-state index in [1.54, 1.807) is 0 Å². The van der Waals surface area contributed by atoms with Crippen LogP contribution in [0.5, 0.6) is 0 Å². The lowest BCUT2D eigenvalue weighted by atomic mass is 9.75. The van der Waals surface area contributed by atoms with Gasteiger partial charge in [0.1, 0.15) is 0 Å². The van der Waals surface area contributed by atoms with Gasteiger partial charge in [-0.3, -0.25) is 0 Å². The molecular formula is C16H33N. The zero-order valence-corrected chi connectivity index (χ0v) is 12.7.